The van der Waals surface area contributed by atoms with E-state index in [1.165, 1.54) is 7.11 Å². The van der Waals surface area contributed by atoms with E-state index in [1.807, 2.05) is 0 Å². The molecule has 84 valence electrons. The molecule has 14 heavy (non-hydrogen) atoms. The second-order valence-electron chi connectivity index (χ2n) is 3.30. The lowest BCUT2D eigenvalue weighted by atomic mass is 10.0. The molecule has 2 unspecified atom stereocenters. The molecule has 0 aromatic carbocycles. The summed E-state index contributed by atoms with van der Waals surface area (Å²) in [6.45, 7) is -0.390. The molecule has 1 saturated heterocycles. The van der Waals surface area contributed by atoms with Gasteiger partial charge in [0.05, 0.1) is 13.2 Å². The topological polar surface area (TPSA) is 99.4 Å². The highest BCUT2D eigenvalue weighted by Crippen LogP contribution is 2.17. The zero-order valence-electron chi connectivity index (χ0n) is 7.91. The molecule has 4 N–H and O–H groups in total. The van der Waals surface area contributed by atoms with Crippen molar-refractivity contribution >= 4 is 0 Å². The molecule has 1 rings (SSSR count). The van der Waals surface area contributed by atoms with Crippen LogP contribution < -0.4 is 0 Å². The summed E-state index contributed by atoms with van der Waals surface area (Å²) in [7, 11) is 1.37. The van der Waals surface area contributed by atoms with Crippen LogP contribution in [0.3, 0.4) is 0 Å². The van der Waals surface area contributed by atoms with E-state index in [4.69, 9.17) is 14.6 Å². The van der Waals surface area contributed by atoms with Crippen molar-refractivity contribution in [2.24, 2.45) is 0 Å². The summed E-state index contributed by atoms with van der Waals surface area (Å²) < 4.78 is 9.93. The molecule has 0 radical (unpaired) electrons. The van der Waals surface area contributed by atoms with Crippen molar-refractivity contribution in [3.05, 3.63) is 0 Å². The van der Waals surface area contributed by atoms with Gasteiger partial charge in [-0.05, 0) is 0 Å². The maximum atomic E-state index is 9.50. The number of aliphatic hydroxyl groups is 4. The highest BCUT2D eigenvalue weighted by atomic mass is 16.6. The van der Waals surface area contributed by atoms with Crippen LogP contribution in [0.15, 0.2) is 0 Å². The van der Waals surface area contributed by atoms with Crippen molar-refractivity contribution in [2.75, 3.05) is 20.3 Å². The minimum Gasteiger partial charge on any atom is -0.394 e. The number of rotatable bonds is 2. The van der Waals surface area contributed by atoms with Crippen LogP contribution in [0.5, 0.6) is 0 Å². The first kappa shape index (κ1) is 11.8. The maximum absolute atomic E-state index is 9.50. The summed E-state index contributed by atoms with van der Waals surface area (Å²) >= 11 is 0. The van der Waals surface area contributed by atoms with Gasteiger partial charge in [-0.1, -0.05) is 0 Å². The second-order valence-corrected chi connectivity index (χ2v) is 3.30. The van der Waals surface area contributed by atoms with Gasteiger partial charge in [-0.15, -0.1) is 0 Å². The molecule has 0 aromatic heterocycles. The number of hydrogen-bond acceptors (Lipinski definition) is 6. The number of aliphatic hydroxyl groups excluding tert-OH is 4. The lowest BCUT2D eigenvalue weighted by Crippen LogP contribution is -2.47. The predicted octanol–water partition coefficient (Wildman–Crippen LogP) is -2.52. The highest BCUT2D eigenvalue weighted by Gasteiger charge is 2.39. The Morgan fingerprint density at radius 2 is 1.86 bits per heavy atom. The van der Waals surface area contributed by atoms with Crippen LogP contribution in [0.2, 0.25) is 0 Å². The van der Waals surface area contributed by atoms with Crippen LogP contribution in [0, 0.1) is 0 Å². The third kappa shape index (κ3) is 2.22. The molecule has 5 atom stereocenters. The van der Waals surface area contributed by atoms with Crippen molar-refractivity contribution in [3.63, 3.8) is 0 Å². The minimum absolute atomic E-state index is 0.0248. The van der Waals surface area contributed by atoms with Gasteiger partial charge in [-0.25, -0.2) is 0 Å². The summed E-state index contributed by atoms with van der Waals surface area (Å²) in [4.78, 5) is 0. The minimum atomic E-state index is -1.38. The van der Waals surface area contributed by atoms with E-state index >= 15 is 0 Å². The van der Waals surface area contributed by atoms with Crippen LogP contribution in [0.4, 0.5) is 0 Å². The molecular formula is C8H16O6. The van der Waals surface area contributed by atoms with Gasteiger partial charge in [-0.3, -0.25) is 0 Å². The Morgan fingerprint density at radius 3 is 2.36 bits per heavy atom. The van der Waals surface area contributed by atoms with E-state index in [0.29, 0.717) is 0 Å². The van der Waals surface area contributed by atoms with E-state index in [-0.39, 0.29) is 6.61 Å². The summed E-state index contributed by atoms with van der Waals surface area (Å²) in [5.74, 6) is 0. The van der Waals surface area contributed by atoms with Gasteiger partial charge in [0, 0.05) is 7.11 Å². The predicted molar refractivity (Wildman–Crippen MR) is 45.6 cm³/mol. The van der Waals surface area contributed by atoms with Crippen molar-refractivity contribution < 1.29 is 29.9 Å². The second kappa shape index (κ2) is 5.01. The SMILES string of the molecule is CO[C@@H]1COC(CO)[C@@H](O)[C@@H](O)C1O. The average Bonchev–Trinajstić information content (AvgIpc) is 2.30. The lowest BCUT2D eigenvalue weighted by Gasteiger charge is -2.24. The van der Waals surface area contributed by atoms with Gasteiger partial charge in [0.25, 0.3) is 0 Å². The summed E-state index contributed by atoms with van der Waals surface area (Å²) in [5, 5.41) is 37.2. The zero-order valence-corrected chi connectivity index (χ0v) is 7.91. The number of methoxy groups -OCH3 is 1. The lowest BCUT2D eigenvalue weighted by molar-refractivity contribution is -0.111. The normalized spacial score (nSPS) is 44.8. The molecule has 0 aromatic rings. The molecule has 0 spiro atoms. The summed E-state index contributed by atoms with van der Waals surface area (Å²) in [6, 6.07) is 0. The van der Waals surface area contributed by atoms with E-state index < -0.39 is 37.1 Å². The molecule has 0 saturated carbocycles. The van der Waals surface area contributed by atoms with E-state index in [2.05, 4.69) is 0 Å². The van der Waals surface area contributed by atoms with Crippen LogP contribution >= 0.6 is 0 Å². The Morgan fingerprint density at radius 1 is 1.21 bits per heavy atom. The largest absolute Gasteiger partial charge is 0.394 e. The zero-order chi connectivity index (χ0) is 10.7. The third-order valence-electron chi connectivity index (χ3n) is 2.42. The Balaban J connectivity index is 2.71. The average molecular weight is 208 g/mol. The maximum Gasteiger partial charge on any atom is 0.111 e. The van der Waals surface area contributed by atoms with Crippen LogP contribution in [0.25, 0.3) is 0 Å². The molecule has 1 aliphatic rings. The molecule has 1 fully saturated rings. The van der Waals surface area contributed by atoms with Crippen molar-refractivity contribution in [1.29, 1.82) is 0 Å². The molecule has 1 aliphatic heterocycles. The van der Waals surface area contributed by atoms with Crippen LogP contribution in [-0.4, -0.2) is 71.3 Å². The molecule has 0 bridgehead atoms. The fourth-order valence-electron chi connectivity index (χ4n) is 1.43. The monoisotopic (exact) mass is 208 g/mol. The highest BCUT2D eigenvalue weighted by molar-refractivity contribution is 4.89. The van der Waals surface area contributed by atoms with E-state index in [0.717, 1.165) is 0 Å². The van der Waals surface area contributed by atoms with Crippen LogP contribution in [0.1, 0.15) is 0 Å². The summed E-state index contributed by atoms with van der Waals surface area (Å²) in [5.41, 5.74) is 0. The van der Waals surface area contributed by atoms with Gasteiger partial charge in [0.1, 0.15) is 30.5 Å². The Bertz CT molecular complexity index is 157. The molecular weight excluding hydrogens is 192 g/mol. The number of ether oxygens (including phenoxy) is 2. The first-order valence-electron chi connectivity index (χ1n) is 4.41. The molecule has 0 amide bonds. The quantitative estimate of drug-likeness (QED) is 0.399. The van der Waals surface area contributed by atoms with Crippen molar-refractivity contribution in [1.82, 2.24) is 0 Å². The Kier molecular flexibility index (Phi) is 4.24. The molecule has 1 heterocycles. The van der Waals surface area contributed by atoms with Crippen molar-refractivity contribution in [3.8, 4) is 0 Å². The number of hydrogen-bond donors (Lipinski definition) is 4. The van der Waals surface area contributed by atoms with Gasteiger partial charge >= 0.3 is 0 Å². The first-order valence-corrected chi connectivity index (χ1v) is 4.41. The van der Waals surface area contributed by atoms with E-state index in [9.17, 15) is 15.3 Å². The standard InChI is InChI=1S/C8H16O6/c1-13-5-3-14-4(2-9)6(10)8(12)7(5)11/h4-12H,2-3H2,1H3/t4?,5-,6-,7?,8-/m1/s1. The van der Waals surface area contributed by atoms with E-state index in [1.54, 1.807) is 0 Å². The summed E-state index contributed by atoms with van der Waals surface area (Å²) in [6.07, 6.45) is -5.49. The first-order chi connectivity index (χ1) is 6.61. The fourth-order valence-corrected chi connectivity index (χ4v) is 1.43. The molecule has 6 nitrogen and oxygen atoms in total. The van der Waals surface area contributed by atoms with Crippen LogP contribution in [-0.2, 0) is 9.47 Å². The Hall–Kier alpha value is -0.240. The van der Waals surface area contributed by atoms with Gasteiger partial charge in [0.15, 0.2) is 0 Å². The molecule has 6 heteroatoms. The smallest absolute Gasteiger partial charge is 0.111 e. The Labute approximate surface area is 81.7 Å². The fraction of sp³-hybridized carbons (Fsp3) is 1.00. The molecule has 0 aliphatic carbocycles. The van der Waals surface area contributed by atoms with Gasteiger partial charge in [0.2, 0.25) is 0 Å². The van der Waals surface area contributed by atoms with Gasteiger partial charge in [-0.2, -0.15) is 0 Å². The third-order valence-corrected chi connectivity index (χ3v) is 2.42. The van der Waals surface area contributed by atoms with Gasteiger partial charge < -0.3 is 29.9 Å². The van der Waals surface area contributed by atoms with Crippen molar-refractivity contribution in [2.45, 2.75) is 30.5 Å².